The fraction of sp³-hybridized carbons (Fsp3) is 0.500. The molecule has 0 aliphatic carbocycles. The summed E-state index contributed by atoms with van der Waals surface area (Å²) >= 11 is 0. The number of carbonyl (C=O) groups excluding carboxylic acids is 1. The molecule has 1 amide bonds. The number of amides is 1. The molecule has 1 aromatic carbocycles. The summed E-state index contributed by atoms with van der Waals surface area (Å²) in [4.78, 5) is 19.3. The number of hydrogen-bond donors (Lipinski definition) is 1. The number of fused-ring (bicyclic) bond motifs is 1. The van der Waals surface area contributed by atoms with Gasteiger partial charge in [0.15, 0.2) is 0 Å². The minimum Gasteiger partial charge on any atom is -0.334 e. The van der Waals surface area contributed by atoms with E-state index in [-0.39, 0.29) is 11.3 Å². The largest absolute Gasteiger partial charge is 0.334 e. The molecule has 2 aromatic rings. The smallest absolute Gasteiger partial charge is 0.255 e. The second-order valence-electron chi connectivity index (χ2n) is 9.33. The summed E-state index contributed by atoms with van der Waals surface area (Å²) in [7, 11) is 0. The number of hydrogen-bond acceptors (Lipinski definition) is 3. The van der Waals surface area contributed by atoms with Gasteiger partial charge in [-0.25, -0.2) is 0 Å². The molecule has 4 heteroatoms. The van der Waals surface area contributed by atoms with Gasteiger partial charge >= 0.3 is 0 Å². The van der Waals surface area contributed by atoms with Crippen LogP contribution in [0.2, 0.25) is 0 Å². The van der Waals surface area contributed by atoms with Crippen LogP contribution in [0.5, 0.6) is 0 Å². The van der Waals surface area contributed by atoms with Crippen molar-refractivity contribution in [2.45, 2.75) is 65.0 Å². The van der Waals surface area contributed by atoms with Gasteiger partial charge in [-0.05, 0) is 72.0 Å². The molecule has 1 N–H and O–H groups in total. The van der Waals surface area contributed by atoms with Crippen molar-refractivity contribution in [3.05, 3.63) is 64.0 Å². The summed E-state index contributed by atoms with van der Waals surface area (Å²) in [6, 6.07) is 7.12. The van der Waals surface area contributed by atoms with Crippen molar-refractivity contribution < 1.29 is 4.79 Å². The van der Waals surface area contributed by atoms with E-state index in [9.17, 15) is 4.79 Å². The van der Waals surface area contributed by atoms with Gasteiger partial charge in [-0.2, -0.15) is 0 Å². The SMILES string of the molecule is Cc1cncc(C(=O)N2CCc3cc(C(C)(C)C)cc([C@@H]4CCCN4)c3C2)c1. The van der Waals surface area contributed by atoms with Gasteiger partial charge in [0.25, 0.3) is 5.91 Å². The quantitative estimate of drug-likeness (QED) is 0.848. The van der Waals surface area contributed by atoms with Crippen LogP contribution in [-0.2, 0) is 18.4 Å². The zero-order valence-corrected chi connectivity index (χ0v) is 17.5. The fourth-order valence-electron chi connectivity index (χ4n) is 4.42. The van der Waals surface area contributed by atoms with Crippen LogP contribution < -0.4 is 5.32 Å². The van der Waals surface area contributed by atoms with Crippen molar-refractivity contribution in [1.82, 2.24) is 15.2 Å². The second-order valence-corrected chi connectivity index (χ2v) is 9.33. The minimum absolute atomic E-state index is 0.0899. The maximum absolute atomic E-state index is 13.1. The van der Waals surface area contributed by atoms with Crippen LogP contribution in [0.1, 0.15) is 77.8 Å². The lowest BCUT2D eigenvalue weighted by molar-refractivity contribution is 0.0733. The number of aromatic nitrogens is 1. The molecular weight excluding hydrogens is 346 g/mol. The van der Waals surface area contributed by atoms with Crippen LogP contribution >= 0.6 is 0 Å². The number of carbonyl (C=O) groups is 1. The molecule has 1 fully saturated rings. The summed E-state index contributed by atoms with van der Waals surface area (Å²) in [5, 5.41) is 3.67. The Morgan fingerprint density at radius 2 is 2.04 bits per heavy atom. The van der Waals surface area contributed by atoms with Crippen molar-refractivity contribution >= 4 is 5.91 Å². The molecule has 4 rings (SSSR count). The standard InChI is InChI=1S/C24H31N3O/c1-16-10-18(14-25-13-16)23(28)27-9-7-17-11-19(24(2,3)4)12-20(21(17)15-27)22-6-5-8-26-22/h10-14,22,26H,5-9,15H2,1-4H3/t22-/m0/s1. The van der Waals surface area contributed by atoms with Gasteiger partial charge in [0.2, 0.25) is 0 Å². The molecule has 0 radical (unpaired) electrons. The summed E-state index contributed by atoms with van der Waals surface area (Å²) in [6.45, 7) is 11.4. The Morgan fingerprint density at radius 1 is 1.21 bits per heavy atom. The van der Waals surface area contributed by atoms with Gasteiger partial charge in [-0.15, -0.1) is 0 Å². The number of aryl methyl sites for hydroxylation is 1. The highest BCUT2D eigenvalue weighted by Gasteiger charge is 2.29. The first-order valence-electron chi connectivity index (χ1n) is 10.4. The van der Waals surface area contributed by atoms with Gasteiger partial charge in [0, 0.05) is 31.5 Å². The van der Waals surface area contributed by atoms with Crippen molar-refractivity contribution in [2.75, 3.05) is 13.1 Å². The number of rotatable bonds is 2. The van der Waals surface area contributed by atoms with E-state index in [1.165, 1.54) is 35.1 Å². The zero-order chi connectivity index (χ0) is 19.9. The lowest BCUT2D eigenvalue weighted by Gasteiger charge is -2.34. The van der Waals surface area contributed by atoms with Crippen LogP contribution in [0.15, 0.2) is 30.6 Å². The third-order valence-electron chi connectivity index (χ3n) is 6.09. The Labute approximate surface area is 168 Å². The molecule has 1 atom stereocenters. The van der Waals surface area contributed by atoms with Crippen molar-refractivity contribution in [2.24, 2.45) is 0 Å². The van der Waals surface area contributed by atoms with Gasteiger partial charge < -0.3 is 10.2 Å². The molecule has 1 saturated heterocycles. The molecule has 0 saturated carbocycles. The van der Waals surface area contributed by atoms with Crippen LogP contribution in [-0.4, -0.2) is 28.9 Å². The van der Waals surface area contributed by atoms with E-state index in [2.05, 4.69) is 43.2 Å². The highest BCUT2D eigenvalue weighted by Crippen LogP contribution is 2.36. The number of nitrogens with one attached hydrogen (secondary N) is 1. The molecule has 28 heavy (non-hydrogen) atoms. The molecule has 3 heterocycles. The lowest BCUT2D eigenvalue weighted by atomic mass is 9.80. The maximum Gasteiger partial charge on any atom is 0.255 e. The van der Waals surface area contributed by atoms with E-state index in [4.69, 9.17) is 0 Å². The van der Waals surface area contributed by atoms with Crippen LogP contribution in [0.25, 0.3) is 0 Å². The predicted molar refractivity (Wildman–Crippen MR) is 113 cm³/mol. The number of nitrogens with zero attached hydrogens (tertiary/aromatic N) is 2. The molecular formula is C24H31N3O. The van der Waals surface area contributed by atoms with E-state index in [1.54, 1.807) is 12.4 Å². The van der Waals surface area contributed by atoms with Crippen molar-refractivity contribution in [3.8, 4) is 0 Å². The highest BCUT2D eigenvalue weighted by molar-refractivity contribution is 5.94. The molecule has 2 aliphatic rings. The van der Waals surface area contributed by atoms with Crippen molar-refractivity contribution in [3.63, 3.8) is 0 Å². The Morgan fingerprint density at radius 3 is 2.71 bits per heavy atom. The first-order chi connectivity index (χ1) is 13.3. The van der Waals surface area contributed by atoms with E-state index < -0.39 is 0 Å². The zero-order valence-electron chi connectivity index (χ0n) is 17.5. The topological polar surface area (TPSA) is 45.2 Å². The summed E-state index contributed by atoms with van der Waals surface area (Å²) < 4.78 is 0. The van der Waals surface area contributed by atoms with Crippen molar-refractivity contribution in [1.29, 1.82) is 0 Å². The average molecular weight is 378 g/mol. The monoisotopic (exact) mass is 377 g/mol. The Hall–Kier alpha value is -2.20. The first-order valence-corrected chi connectivity index (χ1v) is 10.4. The van der Waals surface area contributed by atoms with Crippen LogP contribution in [0, 0.1) is 6.92 Å². The fourth-order valence-corrected chi connectivity index (χ4v) is 4.42. The predicted octanol–water partition coefficient (Wildman–Crippen LogP) is 4.31. The average Bonchev–Trinajstić information content (AvgIpc) is 3.20. The van der Waals surface area contributed by atoms with Gasteiger partial charge in [0.1, 0.15) is 0 Å². The van der Waals surface area contributed by atoms with Gasteiger partial charge in [-0.3, -0.25) is 9.78 Å². The van der Waals surface area contributed by atoms with E-state index in [0.29, 0.717) is 18.2 Å². The highest BCUT2D eigenvalue weighted by atomic mass is 16.2. The number of pyridine rings is 1. The number of benzene rings is 1. The van der Waals surface area contributed by atoms with Crippen LogP contribution in [0.3, 0.4) is 0 Å². The first kappa shape index (κ1) is 19.1. The van der Waals surface area contributed by atoms with E-state index >= 15 is 0 Å². The Bertz CT molecular complexity index is 891. The summed E-state index contributed by atoms with van der Waals surface area (Å²) in [5.74, 6) is 0.0899. The van der Waals surface area contributed by atoms with E-state index in [1.807, 2.05) is 17.9 Å². The minimum atomic E-state index is 0.0899. The third kappa shape index (κ3) is 3.70. The summed E-state index contributed by atoms with van der Waals surface area (Å²) in [6.07, 6.45) is 6.80. The Kier molecular flexibility index (Phi) is 5.00. The third-order valence-corrected chi connectivity index (χ3v) is 6.09. The van der Waals surface area contributed by atoms with Gasteiger partial charge in [-0.1, -0.05) is 32.9 Å². The summed E-state index contributed by atoms with van der Waals surface area (Å²) in [5.41, 5.74) is 7.42. The molecule has 0 unspecified atom stereocenters. The lowest BCUT2D eigenvalue weighted by Crippen LogP contribution is -2.37. The second kappa shape index (κ2) is 7.32. The maximum atomic E-state index is 13.1. The Balaban J connectivity index is 1.69. The van der Waals surface area contributed by atoms with Gasteiger partial charge in [0.05, 0.1) is 5.56 Å². The molecule has 0 bridgehead atoms. The molecule has 4 nitrogen and oxygen atoms in total. The molecule has 2 aliphatic heterocycles. The van der Waals surface area contributed by atoms with E-state index in [0.717, 1.165) is 25.1 Å². The molecule has 1 aromatic heterocycles. The normalized spacial score (nSPS) is 19.6. The molecule has 0 spiro atoms. The molecule has 148 valence electrons. The van der Waals surface area contributed by atoms with Crippen LogP contribution in [0.4, 0.5) is 0 Å².